The molecule has 0 aromatic heterocycles. The Labute approximate surface area is 89.9 Å². The topological polar surface area (TPSA) is 55.5 Å². The Hall–Kier alpha value is -1.22. The van der Waals surface area contributed by atoms with Gasteiger partial charge in [-0.3, -0.25) is 0 Å². The van der Waals surface area contributed by atoms with E-state index in [9.17, 15) is 5.11 Å². The van der Waals surface area contributed by atoms with Gasteiger partial charge in [-0.2, -0.15) is 0 Å². The lowest BCUT2D eigenvalue weighted by Crippen LogP contribution is -2.11. The fourth-order valence-corrected chi connectivity index (χ4v) is 1.80. The molecule has 1 aromatic rings. The SMILES string of the molecule is COc1ccc([C@H](N)CC2CC2)c(O)c1. The number of ether oxygens (including phenoxy) is 1. The maximum atomic E-state index is 9.77. The lowest BCUT2D eigenvalue weighted by atomic mass is 10.0. The summed E-state index contributed by atoms with van der Waals surface area (Å²) in [5.74, 6) is 1.67. The van der Waals surface area contributed by atoms with Crippen molar-refractivity contribution < 1.29 is 9.84 Å². The van der Waals surface area contributed by atoms with E-state index in [0.29, 0.717) is 5.75 Å². The van der Waals surface area contributed by atoms with Crippen LogP contribution in [0.1, 0.15) is 30.9 Å². The first kappa shape index (κ1) is 10.3. The van der Waals surface area contributed by atoms with Crippen molar-refractivity contribution in [2.75, 3.05) is 7.11 Å². The van der Waals surface area contributed by atoms with Gasteiger partial charge in [0.1, 0.15) is 11.5 Å². The first-order valence-electron chi connectivity index (χ1n) is 5.33. The monoisotopic (exact) mass is 207 g/mol. The second-order valence-corrected chi connectivity index (χ2v) is 4.21. The molecule has 1 saturated carbocycles. The van der Waals surface area contributed by atoms with Gasteiger partial charge in [-0.1, -0.05) is 18.9 Å². The smallest absolute Gasteiger partial charge is 0.124 e. The average molecular weight is 207 g/mol. The number of phenolic OH excluding ortho intramolecular Hbond substituents is 1. The third-order valence-corrected chi connectivity index (χ3v) is 2.92. The van der Waals surface area contributed by atoms with Gasteiger partial charge < -0.3 is 15.6 Å². The molecule has 3 N–H and O–H groups in total. The van der Waals surface area contributed by atoms with Gasteiger partial charge in [0.15, 0.2) is 0 Å². The van der Waals surface area contributed by atoms with Crippen LogP contribution in [0.5, 0.6) is 11.5 Å². The van der Waals surface area contributed by atoms with E-state index in [1.54, 1.807) is 13.2 Å². The van der Waals surface area contributed by atoms with Gasteiger partial charge in [0.05, 0.1) is 7.11 Å². The van der Waals surface area contributed by atoms with Crippen LogP contribution in [-0.4, -0.2) is 12.2 Å². The lowest BCUT2D eigenvalue weighted by molar-refractivity contribution is 0.404. The van der Waals surface area contributed by atoms with Gasteiger partial charge in [0.25, 0.3) is 0 Å². The zero-order valence-corrected chi connectivity index (χ0v) is 8.94. The number of benzene rings is 1. The van der Waals surface area contributed by atoms with Crippen molar-refractivity contribution in [2.45, 2.75) is 25.3 Å². The molecule has 0 saturated heterocycles. The molecular formula is C12H17NO2. The summed E-state index contributed by atoms with van der Waals surface area (Å²) in [6.45, 7) is 0. The molecular weight excluding hydrogens is 190 g/mol. The van der Waals surface area contributed by atoms with Crippen LogP contribution >= 0.6 is 0 Å². The fourth-order valence-electron chi connectivity index (χ4n) is 1.80. The Kier molecular flexibility index (Phi) is 2.82. The summed E-state index contributed by atoms with van der Waals surface area (Å²) >= 11 is 0. The number of nitrogens with two attached hydrogens (primary N) is 1. The van der Waals surface area contributed by atoms with E-state index in [1.807, 2.05) is 12.1 Å². The van der Waals surface area contributed by atoms with Crippen molar-refractivity contribution in [3.8, 4) is 11.5 Å². The van der Waals surface area contributed by atoms with E-state index in [2.05, 4.69) is 0 Å². The van der Waals surface area contributed by atoms with Crippen molar-refractivity contribution >= 4 is 0 Å². The summed E-state index contributed by atoms with van der Waals surface area (Å²) in [6.07, 6.45) is 3.54. The highest BCUT2D eigenvalue weighted by Crippen LogP contribution is 2.39. The maximum Gasteiger partial charge on any atom is 0.124 e. The molecule has 3 nitrogen and oxygen atoms in total. The minimum absolute atomic E-state index is 0.0524. The van der Waals surface area contributed by atoms with Crippen LogP contribution in [0.15, 0.2) is 18.2 Å². The number of aromatic hydroxyl groups is 1. The summed E-state index contributed by atoms with van der Waals surface area (Å²) in [5.41, 5.74) is 6.85. The van der Waals surface area contributed by atoms with Gasteiger partial charge in [-0.25, -0.2) is 0 Å². The molecule has 0 unspecified atom stereocenters. The predicted molar refractivity (Wildman–Crippen MR) is 58.9 cm³/mol. The summed E-state index contributed by atoms with van der Waals surface area (Å²) in [7, 11) is 1.58. The van der Waals surface area contributed by atoms with Gasteiger partial charge in [-0.15, -0.1) is 0 Å². The number of phenols is 1. The molecule has 0 spiro atoms. The van der Waals surface area contributed by atoms with E-state index in [-0.39, 0.29) is 11.8 Å². The second-order valence-electron chi connectivity index (χ2n) is 4.21. The van der Waals surface area contributed by atoms with Crippen LogP contribution < -0.4 is 10.5 Å². The number of rotatable bonds is 4. The van der Waals surface area contributed by atoms with Crippen molar-refractivity contribution in [1.29, 1.82) is 0 Å². The molecule has 2 rings (SSSR count). The number of methoxy groups -OCH3 is 1. The van der Waals surface area contributed by atoms with E-state index in [1.165, 1.54) is 12.8 Å². The maximum absolute atomic E-state index is 9.77. The van der Waals surface area contributed by atoms with Crippen molar-refractivity contribution in [3.05, 3.63) is 23.8 Å². The van der Waals surface area contributed by atoms with Crippen LogP contribution in [-0.2, 0) is 0 Å². The van der Waals surface area contributed by atoms with Crippen molar-refractivity contribution in [2.24, 2.45) is 11.7 Å². The molecule has 1 fully saturated rings. The number of hydrogen-bond acceptors (Lipinski definition) is 3. The molecule has 1 atom stereocenters. The van der Waals surface area contributed by atoms with Crippen LogP contribution in [0.3, 0.4) is 0 Å². The van der Waals surface area contributed by atoms with E-state index in [0.717, 1.165) is 17.9 Å². The highest BCUT2D eigenvalue weighted by molar-refractivity contribution is 5.41. The molecule has 15 heavy (non-hydrogen) atoms. The summed E-state index contributed by atoms with van der Waals surface area (Å²) < 4.78 is 5.02. The van der Waals surface area contributed by atoms with Crippen LogP contribution in [0, 0.1) is 5.92 Å². The summed E-state index contributed by atoms with van der Waals surface area (Å²) in [5, 5.41) is 9.77. The normalized spacial score (nSPS) is 17.5. The van der Waals surface area contributed by atoms with E-state index in [4.69, 9.17) is 10.5 Å². The van der Waals surface area contributed by atoms with E-state index >= 15 is 0 Å². The quantitative estimate of drug-likeness (QED) is 0.795. The summed E-state index contributed by atoms with van der Waals surface area (Å²) in [6, 6.07) is 5.24. The molecule has 0 bridgehead atoms. The van der Waals surface area contributed by atoms with Gasteiger partial charge in [-0.05, 0) is 18.4 Å². The molecule has 82 valence electrons. The second kappa shape index (κ2) is 4.11. The minimum Gasteiger partial charge on any atom is -0.507 e. The first-order valence-corrected chi connectivity index (χ1v) is 5.33. The zero-order valence-electron chi connectivity index (χ0n) is 8.94. The Morgan fingerprint density at radius 3 is 2.80 bits per heavy atom. The van der Waals surface area contributed by atoms with Crippen molar-refractivity contribution in [3.63, 3.8) is 0 Å². The van der Waals surface area contributed by atoms with Crippen LogP contribution in [0.4, 0.5) is 0 Å². The van der Waals surface area contributed by atoms with E-state index < -0.39 is 0 Å². The molecule has 1 aromatic carbocycles. The minimum atomic E-state index is -0.0524. The highest BCUT2D eigenvalue weighted by Gasteiger charge is 2.25. The Balaban J connectivity index is 2.11. The molecule has 0 radical (unpaired) electrons. The Morgan fingerprint density at radius 1 is 1.53 bits per heavy atom. The fraction of sp³-hybridized carbons (Fsp3) is 0.500. The largest absolute Gasteiger partial charge is 0.507 e. The third kappa shape index (κ3) is 2.42. The van der Waals surface area contributed by atoms with Crippen molar-refractivity contribution in [1.82, 2.24) is 0 Å². The highest BCUT2D eigenvalue weighted by atomic mass is 16.5. The molecule has 0 heterocycles. The molecule has 0 amide bonds. The summed E-state index contributed by atoms with van der Waals surface area (Å²) in [4.78, 5) is 0. The van der Waals surface area contributed by atoms with Crippen LogP contribution in [0.25, 0.3) is 0 Å². The predicted octanol–water partition coefficient (Wildman–Crippen LogP) is 2.20. The number of hydrogen-bond donors (Lipinski definition) is 2. The zero-order chi connectivity index (χ0) is 10.8. The third-order valence-electron chi connectivity index (χ3n) is 2.92. The Bertz CT molecular complexity index is 347. The van der Waals surface area contributed by atoms with Crippen LogP contribution in [0.2, 0.25) is 0 Å². The molecule has 3 heteroatoms. The molecule has 1 aliphatic rings. The van der Waals surface area contributed by atoms with Gasteiger partial charge in [0, 0.05) is 17.7 Å². The van der Waals surface area contributed by atoms with Gasteiger partial charge >= 0.3 is 0 Å². The Morgan fingerprint density at radius 2 is 2.27 bits per heavy atom. The van der Waals surface area contributed by atoms with Gasteiger partial charge in [0.2, 0.25) is 0 Å². The standard InChI is InChI=1S/C12H17NO2/c1-15-9-4-5-10(12(14)7-9)11(13)6-8-2-3-8/h4-5,7-8,11,14H,2-3,6,13H2,1H3/t11-/m1/s1. The average Bonchev–Trinajstić information content (AvgIpc) is 3.01. The molecule has 0 aliphatic heterocycles. The first-order chi connectivity index (χ1) is 7.20. The molecule has 1 aliphatic carbocycles. The lowest BCUT2D eigenvalue weighted by Gasteiger charge is -2.13.